The summed E-state index contributed by atoms with van der Waals surface area (Å²) in [5, 5.41) is 2.73. The first-order valence-electron chi connectivity index (χ1n) is 5.48. The molecule has 0 aliphatic rings. The van der Waals surface area contributed by atoms with E-state index in [9.17, 15) is 9.59 Å². The molecule has 1 N–H and O–H groups in total. The van der Waals surface area contributed by atoms with Gasteiger partial charge in [-0.2, -0.15) is 0 Å². The third-order valence-electron chi connectivity index (χ3n) is 2.48. The van der Waals surface area contributed by atoms with Gasteiger partial charge in [-0.3, -0.25) is 14.6 Å². The molecule has 1 aromatic carbocycles. The van der Waals surface area contributed by atoms with Gasteiger partial charge in [-0.15, -0.1) is 0 Å². The van der Waals surface area contributed by atoms with Crippen molar-refractivity contribution in [1.82, 2.24) is 4.98 Å². The number of carbonyl (C=O) groups is 2. The Morgan fingerprint density at radius 3 is 2.44 bits per heavy atom. The number of pyridine rings is 1. The van der Waals surface area contributed by atoms with Crippen molar-refractivity contribution in [1.29, 1.82) is 0 Å². The monoisotopic (exact) mass is 240 g/mol. The largest absolute Gasteiger partial charge is 0.322 e. The summed E-state index contributed by atoms with van der Waals surface area (Å²) in [5.74, 6) is -0.221. The Morgan fingerprint density at radius 2 is 1.89 bits per heavy atom. The quantitative estimate of drug-likeness (QED) is 0.838. The molecule has 4 nitrogen and oxygen atoms in total. The average Bonchev–Trinajstić information content (AvgIpc) is 2.40. The molecule has 0 fully saturated rings. The fraction of sp³-hybridized carbons (Fsp3) is 0.0714. The van der Waals surface area contributed by atoms with Crippen molar-refractivity contribution in [2.24, 2.45) is 0 Å². The second kappa shape index (κ2) is 5.23. The third-order valence-corrected chi connectivity index (χ3v) is 2.48. The van der Waals surface area contributed by atoms with Crippen molar-refractivity contribution in [3.8, 4) is 0 Å². The summed E-state index contributed by atoms with van der Waals surface area (Å²) >= 11 is 0. The van der Waals surface area contributed by atoms with Crippen molar-refractivity contribution in [2.45, 2.75) is 6.92 Å². The Morgan fingerprint density at radius 1 is 1.17 bits per heavy atom. The van der Waals surface area contributed by atoms with Crippen molar-refractivity contribution in [3.05, 3.63) is 59.4 Å². The topological polar surface area (TPSA) is 59.1 Å². The van der Waals surface area contributed by atoms with E-state index in [-0.39, 0.29) is 5.91 Å². The van der Waals surface area contributed by atoms with E-state index in [0.29, 0.717) is 16.8 Å². The van der Waals surface area contributed by atoms with Crippen LogP contribution in [0, 0.1) is 6.92 Å². The van der Waals surface area contributed by atoms with Crippen LogP contribution in [0.15, 0.2) is 42.6 Å². The average molecular weight is 240 g/mol. The van der Waals surface area contributed by atoms with Gasteiger partial charge < -0.3 is 5.32 Å². The highest BCUT2D eigenvalue weighted by Crippen LogP contribution is 2.10. The summed E-state index contributed by atoms with van der Waals surface area (Å²) < 4.78 is 0. The van der Waals surface area contributed by atoms with Crippen LogP contribution in [0.1, 0.15) is 26.4 Å². The number of benzene rings is 1. The highest BCUT2D eigenvalue weighted by atomic mass is 16.1. The van der Waals surface area contributed by atoms with Crippen LogP contribution in [0.5, 0.6) is 0 Å². The normalized spacial score (nSPS) is 9.83. The Hall–Kier alpha value is -2.49. The Labute approximate surface area is 105 Å². The highest BCUT2D eigenvalue weighted by Gasteiger charge is 2.05. The Bertz CT molecular complexity index is 559. The van der Waals surface area contributed by atoms with E-state index in [1.807, 2.05) is 6.92 Å². The minimum atomic E-state index is -0.221. The van der Waals surface area contributed by atoms with Crippen LogP contribution in [0.4, 0.5) is 5.69 Å². The summed E-state index contributed by atoms with van der Waals surface area (Å²) in [6.45, 7) is 1.86. The molecule has 0 aliphatic heterocycles. The van der Waals surface area contributed by atoms with E-state index in [2.05, 4.69) is 10.3 Å². The van der Waals surface area contributed by atoms with E-state index in [1.54, 1.807) is 36.4 Å². The number of aromatic nitrogens is 1. The van der Waals surface area contributed by atoms with E-state index < -0.39 is 0 Å². The Balaban J connectivity index is 2.10. The van der Waals surface area contributed by atoms with Crippen molar-refractivity contribution in [2.75, 3.05) is 5.32 Å². The van der Waals surface area contributed by atoms with Crippen molar-refractivity contribution in [3.63, 3.8) is 0 Å². The number of aryl methyl sites for hydroxylation is 1. The van der Waals surface area contributed by atoms with Crippen LogP contribution in [0.3, 0.4) is 0 Å². The van der Waals surface area contributed by atoms with Gasteiger partial charge in [0.05, 0.1) is 5.56 Å². The van der Waals surface area contributed by atoms with Gasteiger partial charge in [0.1, 0.15) is 6.29 Å². The second-order valence-corrected chi connectivity index (χ2v) is 3.88. The van der Waals surface area contributed by atoms with Gasteiger partial charge in [0, 0.05) is 23.1 Å². The minimum Gasteiger partial charge on any atom is -0.322 e. The first-order chi connectivity index (χ1) is 8.69. The molecular formula is C14H12N2O2. The van der Waals surface area contributed by atoms with Crippen LogP contribution in [-0.2, 0) is 0 Å². The van der Waals surface area contributed by atoms with E-state index in [0.717, 1.165) is 12.0 Å². The number of nitrogens with one attached hydrogen (secondary N) is 1. The second-order valence-electron chi connectivity index (χ2n) is 3.88. The van der Waals surface area contributed by atoms with Crippen molar-refractivity contribution >= 4 is 17.9 Å². The summed E-state index contributed by atoms with van der Waals surface area (Å²) in [5.41, 5.74) is 2.58. The zero-order valence-electron chi connectivity index (χ0n) is 9.88. The molecule has 1 aromatic heterocycles. The first-order valence-corrected chi connectivity index (χ1v) is 5.48. The maximum atomic E-state index is 11.9. The van der Waals surface area contributed by atoms with Gasteiger partial charge in [-0.1, -0.05) is 0 Å². The molecule has 0 unspecified atom stereocenters. The molecule has 0 saturated carbocycles. The van der Waals surface area contributed by atoms with E-state index in [1.165, 1.54) is 6.20 Å². The van der Waals surface area contributed by atoms with Crippen molar-refractivity contribution < 1.29 is 9.59 Å². The number of carbonyl (C=O) groups excluding carboxylic acids is 2. The Kier molecular flexibility index (Phi) is 3.48. The molecule has 0 atom stereocenters. The molecular weight excluding hydrogens is 228 g/mol. The molecule has 90 valence electrons. The van der Waals surface area contributed by atoms with Gasteiger partial charge in [-0.05, 0) is 43.3 Å². The number of aldehydes is 1. The molecule has 0 radical (unpaired) electrons. The summed E-state index contributed by atoms with van der Waals surface area (Å²) in [7, 11) is 0. The number of anilines is 1. The fourth-order valence-electron chi connectivity index (χ4n) is 1.45. The van der Waals surface area contributed by atoms with E-state index >= 15 is 0 Å². The maximum Gasteiger partial charge on any atom is 0.257 e. The number of hydrogen-bond donors (Lipinski definition) is 1. The molecule has 18 heavy (non-hydrogen) atoms. The van der Waals surface area contributed by atoms with Gasteiger partial charge in [0.2, 0.25) is 0 Å². The van der Waals surface area contributed by atoms with E-state index in [4.69, 9.17) is 0 Å². The number of nitrogens with zero attached hydrogens (tertiary/aromatic N) is 1. The lowest BCUT2D eigenvalue weighted by molar-refractivity contribution is 0.102. The lowest BCUT2D eigenvalue weighted by Gasteiger charge is -2.05. The van der Waals surface area contributed by atoms with Crippen LogP contribution in [-0.4, -0.2) is 17.2 Å². The molecule has 0 aliphatic carbocycles. The number of amides is 1. The SMILES string of the molecule is Cc1ccc(C(=O)Nc2ccc(C=O)cc2)cn1. The molecule has 4 heteroatoms. The van der Waals surface area contributed by atoms with Crippen LogP contribution < -0.4 is 5.32 Å². The zero-order valence-corrected chi connectivity index (χ0v) is 9.88. The molecule has 0 saturated heterocycles. The molecule has 2 aromatic rings. The fourth-order valence-corrected chi connectivity index (χ4v) is 1.45. The van der Waals surface area contributed by atoms with Crippen LogP contribution in [0.2, 0.25) is 0 Å². The molecule has 0 spiro atoms. The summed E-state index contributed by atoms with van der Waals surface area (Å²) in [6, 6.07) is 10.2. The van der Waals surface area contributed by atoms with Gasteiger partial charge in [0.25, 0.3) is 5.91 Å². The predicted octanol–water partition coefficient (Wildman–Crippen LogP) is 2.45. The van der Waals surface area contributed by atoms with Gasteiger partial charge in [0.15, 0.2) is 0 Å². The summed E-state index contributed by atoms with van der Waals surface area (Å²) in [6.07, 6.45) is 2.29. The standard InChI is InChI=1S/C14H12N2O2/c1-10-2-5-12(8-15-10)14(18)16-13-6-3-11(9-17)4-7-13/h2-9H,1H3,(H,16,18). The highest BCUT2D eigenvalue weighted by molar-refractivity contribution is 6.04. The van der Waals surface area contributed by atoms with Crippen LogP contribution in [0.25, 0.3) is 0 Å². The minimum absolute atomic E-state index is 0.221. The molecule has 2 rings (SSSR count). The third kappa shape index (κ3) is 2.79. The van der Waals surface area contributed by atoms with Gasteiger partial charge in [-0.25, -0.2) is 0 Å². The molecule has 0 bridgehead atoms. The maximum absolute atomic E-state index is 11.9. The number of hydrogen-bond acceptors (Lipinski definition) is 3. The number of rotatable bonds is 3. The van der Waals surface area contributed by atoms with Crippen LogP contribution >= 0.6 is 0 Å². The predicted molar refractivity (Wildman–Crippen MR) is 68.8 cm³/mol. The molecule has 1 amide bonds. The smallest absolute Gasteiger partial charge is 0.257 e. The lowest BCUT2D eigenvalue weighted by Crippen LogP contribution is -2.12. The lowest BCUT2D eigenvalue weighted by atomic mass is 10.2. The molecule has 1 heterocycles. The van der Waals surface area contributed by atoms with Gasteiger partial charge >= 0.3 is 0 Å². The zero-order chi connectivity index (χ0) is 13.0. The summed E-state index contributed by atoms with van der Waals surface area (Å²) in [4.78, 5) is 26.4. The first kappa shape index (κ1) is 12.0.